The lowest BCUT2D eigenvalue weighted by Gasteiger charge is -2.19. The molecular weight excluding hydrogens is 335 g/mol. The predicted octanol–water partition coefficient (Wildman–Crippen LogP) is 2.40. The van der Waals surface area contributed by atoms with Gasteiger partial charge in [-0.2, -0.15) is 13.2 Å². The van der Waals surface area contributed by atoms with Crippen LogP contribution in [0.5, 0.6) is 0 Å². The molecule has 1 aromatic rings. The van der Waals surface area contributed by atoms with Crippen molar-refractivity contribution < 1.29 is 27.5 Å². The Kier molecular flexibility index (Phi) is 6.43. The van der Waals surface area contributed by atoms with Gasteiger partial charge in [0.15, 0.2) is 5.78 Å². The first-order chi connectivity index (χ1) is 10.6. The van der Waals surface area contributed by atoms with Gasteiger partial charge in [-0.1, -0.05) is 0 Å². The molecule has 0 aliphatic carbocycles. The number of ether oxygens (including phenoxy) is 1. The molecule has 0 radical (unpaired) electrons. The summed E-state index contributed by atoms with van der Waals surface area (Å²) >= 11 is 0.266. The molecule has 1 N–H and O–H groups in total. The largest absolute Gasteiger partial charge is 0.468 e. The van der Waals surface area contributed by atoms with E-state index in [0.29, 0.717) is 11.3 Å². The quantitative estimate of drug-likeness (QED) is 0.629. The lowest BCUT2D eigenvalue weighted by Crippen LogP contribution is -2.31. The van der Waals surface area contributed by atoms with Crippen molar-refractivity contribution in [2.75, 3.05) is 12.9 Å². The average molecular weight is 351 g/mol. The minimum absolute atomic E-state index is 0.266. The molecule has 128 valence electrons. The molecule has 9 heteroatoms. The number of carbonyl (C=O) groups is 2. The SMILES string of the molecule is COC(=O)CS[C@H](CC(=O)c1c(C)cc(C)[nH]c1=O)C(F)(F)F. The Labute approximate surface area is 134 Å². The van der Waals surface area contributed by atoms with E-state index in [4.69, 9.17) is 0 Å². The van der Waals surface area contributed by atoms with Crippen LogP contribution in [-0.2, 0) is 9.53 Å². The van der Waals surface area contributed by atoms with Crippen LogP contribution in [0.3, 0.4) is 0 Å². The van der Waals surface area contributed by atoms with Crippen molar-refractivity contribution in [2.45, 2.75) is 31.7 Å². The number of alkyl halides is 3. The molecule has 0 aliphatic rings. The van der Waals surface area contributed by atoms with Crippen LogP contribution in [0.4, 0.5) is 13.2 Å². The number of aromatic nitrogens is 1. The number of hydrogen-bond donors (Lipinski definition) is 1. The fourth-order valence-electron chi connectivity index (χ4n) is 1.97. The molecule has 0 aromatic carbocycles. The number of halogens is 3. The fraction of sp³-hybridized carbons (Fsp3) is 0.500. The minimum Gasteiger partial charge on any atom is -0.468 e. The monoisotopic (exact) mass is 351 g/mol. The van der Waals surface area contributed by atoms with Crippen molar-refractivity contribution in [3.8, 4) is 0 Å². The van der Waals surface area contributed by atoms with Crippen molar-refractivity contribution in [1.29, 1.82) is 0 Å². The van der Waals surface area contributed by atoms with E-state index < -0.39 is 40.9 Å². The van der Waals surface area contributed by atoms with Crippen LogP contribution in [0, 0.1) is 13.8 Å². The van der Waals surface area contributed by atoms with E-state index in [1.54, 1.807) is 6.92 Å². The van der Waals surface area contributed by atoms with Crippen LogP contribution < -0.4 is 5.56 Å². The zero-order chi connectivity index (χ0) is 17.8. The Hall–Kier alpha value is -1.77. The van der Waals surface area contributed by atoms with Crippen LogP contribution in [0.25, 0.3) is 0 Å². The smallest absolute Gasteiger partial charge is 0.401 e. The second-order valence-electron chi connectivity index (χ2n) is 4.88. The molecule has 0 spiro atoms. The van der Waals surface area contributed by atoms with Gasteiger partial charge in [-0.15, -0.1) is 11.8 Å². The second kappa shape index (κ2) is 7.67. The Morgan fingerprint density at radius 3 is 2.43 bits per heavy atom. The van der Waals surface area contributed by atoms with Crippen LogP contribution in [0.1, 0.15) is 28.0 Å². The third-order valence-corrected chi connectivity index (χ3v) is 4.25. The average Bonchev–Trinajstić information content (AvgIpc) is 2.40. The highest BCUT2D eigenvalue weighted by Gasteiger charge is 2.42. The Balaban J connectivity index is 2.98. The number of pyridine rings is 1. The molecule has 1 rings (SSSR count). The molecule has 1 aromatic heterocycles. The number of ketones is 1. The van der Waals surface area contributed by atoms with E-state index in [0.717, 1.165) is 7.11 Å². The van der Waals surface area contributed by atoms with Gasteiger partial charge in [-0.05, 0) is 25.5 Å². The molecule has 0 saturated heterocycles. The molecule has 0 aliphatic heterocycles. The predicted molar refractivity (Wildman–Crippen MR) is 79.8 cm³/mol. The summed E-state index contributed by atoms with van der Waals surface area (Å²) in [7, 11) is 1.06. The van der Waals surface area contributed by atoms with Crippen molar-refractivity contribution in [3.63, 3.8) is 0 Å². The number of rotatable bonds is 6. The lowest BCUT2D eigenvalue weighted by molar-refractivity contribution is -0.137. The number of methoxy groups -OCH3 is 1. The van der Waals surface area contributed by atoms with Gasteiger partial charge in [0, 0.05) is 12.1 Å². The molecular formula is C14H16F3NO4S. The molecule has 0 unspecified atom stereocenters. The van der Waals surface area contributed by atoms with Gasteiger partial charge < -0.3 is 9.72 Å². The summed E-state index contributed by atoms with van der Waals surface area (Å²) in [6.45, 7) is 3.09. The van der Waals surface area contributed by atoms with Gasteiger partial charge in [0.1, 0.15) is 5.25 Å². The second-order valence-corrected chi connectivity index (χ2v) is 6.08. The number of thioether (sulfide) groups is 1. The van der Waals surface area contributed by atoms with Gasteiger partial charge in [0.05, 0.1) is 18.4 Å². The Morgan fingerprint density at radius 1 is 1.35 bits per heavy atom. The number of nitrogens with one attached hydrogen (secondary N) is 1. The van der Waals surface area contributed by atoms with E-state index in [1.165, 1.54) is 13.0 Å². The molecule has 5 nitrogen and oxygen atoms in total. The maximum absolute atomic E-state index is 13.0. The van der Waals surface area contributed by atoms with Gasteiger partial charge in [0.25, 0.3) is 5.56 Å². The van der Waals surface area contributed by atoms with Crippen molar-refractivity contribution >= 4 is 23.5 Å². The number of aryl methyl sites for hydroxylation is 2. The summed E-state index contributed by atoms with van der Waals surface area (Å²) in [5, 5.41) is -2.09. The molecule has 1 atom stereocenters. The van der Waals surface area contributed by atoms with Gasteiger partial charge in [0.2, 0.25) is 0 Å². The van der Waals surface area contributed by atoms with E-state index in [2.05, 4.69) is 9.72 Å². The highest BCUT2D eigenvalue weighted by Crippen LogP contribution is 2.33. The third kappa shape index (κ3) is 5.42. The number of carbonyl (C=O) groups excluding carboxylic acids is 2. The number of H-pyrrole nitrogens is 1. The van der Waals surface area contributed by atoms with E-state index >= 15 is 0 Å². The highest BCUT2D eigenvalue weighted by atomic mass is 32.2. The fourth-order valence-corrected chi connectivity index (χ4v) is 2.88. The lowest BCUT2D eigenvalue weighted by atomic mass is 10.0. The molecule has 23 heavy (non-hydrogen) atoms. The summed E-state index contributed by atoms with van der Waals surface area (Å²) in [4.78, 5) is 37.3. The number of Topliss-reactive ketones (excluding diaryl/α,β-unsaturated/α-hetero) is 1. The maximum Gasteiger partial charge on any atom is 0.401 e. The molecule has 0 bridgehead atoms. The van der Waals surface area contributed by atoms with Gasteiger partial charge in [-0.3, -0.25) is 14.4 Å². The van der Waals surface area contributed by atoms with Gasteiger partial charge in [-0.25, -0.2) is 0 Å². The minimum atomic E-state index is -4.68. The topological polar surface area (TPSA) is 76.2 Å². The van der Waals surface area contributed by atoms with Crippen LogP contribution in [0.2, 0.25) is 0 Å². The van der Waals surface area contributed by atoms with Crippen LogP contribution >= 0.6 is 11.8 Å². The van der Waals surface area contributed by atoms with Crippen molar-refractivity contribution in [1.82, 2.24) is 4.98 Å². The van der Waals surface area contributed by atoms with Crippen molar-refractivity contribution in [3.05, 3.63) is 33.2 Å². The van der Waals surface area contributed by atoms with E-state index in [-0.39, 0.29) is 17.3 Å². The van der Waals surface area contributed by atoms with Crippen LogP contribution in [-0.4, -0.2) is 41.0 Å². The number of hydrogen-bond acceptors (Lipinski definition) is 5. The Morgan fingerprint density at radius 2 is 1.96 bits per heavy atom. The zero-order valence-corrected chi connectivity index (χ0v) is 13.6. The number of aromatic amines is 1. The molecule has 0 amide bonds. The summed E-state index contributed by atoms with van der Waals surface area (Å²) < 4.78 is 43.3. The first kappa shape index (κ1) is 19.3. The van der Waals surface area contributed by atoms with E-state index in [1.807, 2.05) is 0 Å². The van der Waals surface area contributed by atoms with Gasteiger partial charge >= 0.3 is 12.1 Å². The number of esters is 1. The summed E-state index contributed by atoms with van der Waals surface area (Å²) in [6.07, 6.45) is -5.60. The summed E-state index contributed by atoms with van der Waals surface area (Å²) in [5.41, 5.74) is -0.179. The normalized spacial score (nSPS) is 12.8. The van der Waals surface area contributed by atoms with Crippen LogP contribution in [0.15, 0.2) is 10.9 Å². The zero-order valence-electron chi connectivity index (χ0n) is 12.7. The first-order valence-corrected chi connectivity index (χ1v) is 7.60. The molecule has 0 saturated carbocycles. The third-order valence-electron chi connectivity index (χ3n) is 3.01. The Bertz CT molecular complexity index is 654. The standard InChI is InChI=1S/C14H16F3NO4S/c1-7-4-8(2)18-13(21)12(7)9(19)5-10(14(15,16)17)23-6-11(20)22-3/h4,10H,5-6H2,1-3H3,(H,18,21)/t10-/m1/s1. The maximum atomic E-state index is 13.0. The molecule has 0 fully saturated rings. The highest BCUT2D eigenvalue weighted by molar-refractivity contribution is 8.00. The first-order valence-electron chi connectivity index (χ1n) is 6.55. The molecule has 1 heterocycles. The summed E-state index contributed by atoms with van der Waals surface area (Å²) in [5.74, 6) is -2.26. The van der Waals surface area contributed by atoms with Crippen molar-refractivity contribution in [2.24, 2.45) is 0 Å². The summed E-state index contributed by atoms with van der Waals surface area (Å²) in [6, 6.07) is 1.51. The van der Waals surface area contributed by atoms with E-state index in [9.17, 15) is 27.6 Å².